The van der Waals surface area contributed by atoms with Crippen molar-refractivity contribution in [3.05, 3.63) is 30.0 Å². The maximum atomic E-state index is 13.7. The third kappa shape index (κ3) is 3.90. The second kappa shape index (κ2) is 6.50. The lowest BCUT2D eigenvalue weighted by molar-refractivity contribution is -0.136. The Morgan fingerprint density at radius 1 is 1.07 bits per heavy atom. The van der Waals surface area contributed by atoms with Gasteiger partial charge in [0.25, 0.3) is 0 Å². The Hall–Kier alpha value is -2.00. The summed E-state index contributed by atoms with van der Waals surface area (Å²) in [6, 6.07) is 3.77. The van der Waals surface area contributed by atoms with Crippen LogP contribution in [0.5, 0.6) is 0 Å². The molecule has 5 nitrogen and oxygen atoms in total. The van der Waals surface area contributed by atoms with Crippen molar-refractivity contribution in [3.8, 4) is 0 Å². The molecule has 1 aliphatic rings. The fourth-order valence-electron chi connectivity index (χ4n) is 3.15. The summed E-state index contributed by atoms with van der Waals surface area (Å²) in [5, 5.41) is 0.226. The summed E-state index contributed by atoms with van der Waals surface area (Å²) in [6.07, 6.45) is -4.23. The van der Waals surface area contributed by atoms with Crippen molar-refractivity contribution in [2.45, 2.75) is 71.4 Å². The predicted octanol–water partition coefficient (Wildman–Crippen LogP) is 4.74. The molecule has 0 radical (unpaired) electrons. The number of nitrogens with zero attached hydrogens (tertiary/aromatic N) is 1. The van der Waals surface area contributed by atoms with E-state index in [1.807, 2.05) is 27.7 Å². The molecule has 158 valence electrons. The van der Waals surface area contributed by atoms with Gasteiger partial charge in [0, 0.05) is 17.0 Å². The summed E-state index contributed by atoms with van der Waals surface area (Å²) in [7, 11) is -0.922. The van der Waals surface area contributed by atoms with Crippen LogP contribution in [-0.4, -0.2) is 34.6 Å². The first-order chi connectivity index (χ1) is 13.0. The van der Waals surface area contributed by atoms with Crippen LogP contribution in [-0.2, 0) is 20.2 Å². The maximum absolute atomic E-state index is 13.7. The van der Waals surface area contributed by atoms with E-state index in [1.54, 1.807) is 20.8 Å². The number of ether oxygens (including phenoxy) is 1. The van der Waals surface area contributed by atoms with Gasteiger partial charge in [-0.3, -0.25) is 4.57 Å². The molecule has 0 bridgehead atoms. The standard InChI is InChI=1S/C20H25BF3NO4/c1-17(2,3)27-16(26)25-11-14(21-28-18(4,5)19(6,7)29-21)12-9-8-10-13(15(12)25)20(22,23)24/h8-11H,1-7H3. The molecule has 1 aromatic carbocycles. The molecule has 0 saturated carbocycles. The average Bonchev–Trinajstić information content (AvgIpc) is 2.99. The Labute approximate surface area is 168 Å². The van der Waals surface area contributed by atoms with Gasteiger partial charge < -0.3 is 14.0 Å². The molecule has 0 amide bonds. The monoisotopic (exact) mass is 411 g/mol. The van der Waals surface area contributed by atoms with Crippen molar-refractivity contribution in [1.29, 1.82) is 0 Å². The molecule has 9 heteroatoms. The number of carbonyl (C=O) groups is 1. The number of aromatic nitrogens is 1. The van der Waals surface area contributed by atoms with Gasteiger partial charge in [0.2, 0.25) is 0 Å². The number of hydrogen-bond donors (Lipinski definition) is 0. The highest BCUT2D eigenvalue weighted by atomic mass is 19.4. The van der Waals surface area contributed by atoms with Crippen LogP contribution in [0.4, 0.5) is 18.0 Å². The second-order valence-electron chi connectivity index (χ2n) is 9.22. The number of hydrogen-bond acceptors (Lipinski definition) is 4. The van der Waals surface area contributed by atoms with E-state index in [-0.39, 0.29) is 10.9 Å². The topological polar surface area (TPSA) is 49.7 Å². The van der Waals surface area contributed by atoms with E-state index in [2.05, 4.69) is 0 Å². The van der Waals surface area contributed by atoms with E-state index >= 15 is 0 Å². The molecule has 1 fully saturated rings. The minimum Gasteiger partial charge on any atom is -0.443 e. The number of carbonyl (C=O) groups excluding carboxylic acids is 1. The van der Waals surface area contributed by atoms with Crippen molar-refractivity contribution < 1.29 is 32.0 Å². The minimum atomic E-state index is -4.65. The molecule has 29 heavy (non-hydrogen) atoms. The first kappa shape index (κ1) is 21.7. The molecule has 2 aromatic rings. The molecule has 2 heterocycles. The molecule has 0 atom stereocenters. The third-order valence-electron chi connectivity index (χ3n) is 5.26. The van der Waals surface area contributed by atoms with E-state index in [1.165, 1.54) is 18.3 Å². The molecular weight excluding hydrogens is 386 g/mol. The van der Waals surface area contributed by atoms with Crippen LogP contribution in [0, 0.1) is 0 Å². The number of halogens is 3. The highest BCUT2D eigenvalue weighted by Gasteiger charge is 2.53. The number of fused-ring (bicyclic) bond motifs is 1. The SMILES string of the molecule is CC(C)(C)OC(=O)n1cc(B2OC(C)(C)C(C)(C)O2)c2cccc(C(F)(F)F)c21. The van der Waals surface area contributed by atoms with Crippen LogP contribution in [0.3, 0.4) is 0 Å². The van der Waals surface area contributed by atoms with Crippen LogP contribution in [0.2, 0.25) is 0 Å². The number of para-hydroxylation sites is 1. The molecule has 0 spiro atoms. The molecular formula is C20H25BF3NO4. The van der Waals surface area contributed by atoms with Gasteiger partial charge in [-0.2, -0.15) is 13.2 Å². The number of rotatable bonds is 1. The average molecular weight is 411 g/mol. The summed E-state index contributed by atoms with van der Waals surface area (Å²) in [5.74, 6) is 0. The predicted molar refractivity (Wildman–Crippen MR) is 104 cm³/mol. The van der Waals surface area contributed by atoms with Crippen molar-refractivity contribution in [2.24, 2.45) is 0 Å². The van der Waals surface area contributed by atoms with Crippen LogP contribution < -0.4 is 5.46 Å². The quantitative estimate of drug-likeness (QED) is 0.636. The molecule has 1 saturated heterocycles. The lowest BCUT2D eigenvalue weighted by Crippen LogP contribution is -2.41. The zero-order valence-corrected chi connectivity index (χ0v) is 17.6. The van der Waals surface area contributed by atoms with E-state index < -0.39 is 41.8 Å². The van der Waals surface area contributed by atoms with Gasteiger partial charge in [-0.25, -0.2) is 4.79 Å². The van der Waals surface area contributed by atoms with E-state index in [9.17, 15) is 18.0 Å². The molecule has 0 unspecified atom stereocenters. The Morgan fingerprint density at radius 3 is 2.10 bits per heavy atom. The van der Waals surface area contributed by atoms with E-state index in [0.29, 0.717) is 5.46 Å². The Balaban J connectivity index is 2.22. The van der Waals surface area contributed by atoms with Gasteiger partial charge in [-0.05, 0) is 54.5 Å². The second-order valence-corrected chi connectivity index (χ2v) is 9.22. The third-order valence-corrected chi connectivity index (χ3v) is 5.26. The largest absolute Gasteiger partial charge is 0.497 e. The normalized spacial score (nSPS) is 19.0. The first-order valence-electron chi connectivity index (χ1n) is 9.34. The lowest BCUT2D eigenvalue weighted by Gasteiger charge is -2.32. The number of benzene rings is 1. The summed E-state index contributed by atoms with van der Waals surface area (Å²) in [6.45, 7) is 12.3. The summed E-state index contributed by atoms with van der Waals surface area (Å²) in [4.78, 5) is 12.7. The Morgan fingerprint density at radius 2 is 1.62 bits per heavy atom. The van der Waals surface area contributed by atoms with Crippen LogP contribution in [0.25, 0.3) is 10.9 Å². The van der Waals surface area contributed by atoms with Crippen molar-refractivity contribution in [3.63, 3.8) is 0 Å². The highest BCUT2D eigenvalue weighted by molar-refractivity contribution is 6.65. The van der Waals surface area contributed by atoms with Crippen molar-refractivity contribution >= 4 is 29.6 Å². The van der Waals surface area contributed by atoms with Crippen LogP contribution in [0.15, 0.2) is 24.4 Å². The van der Waals surface area contributed by atoms with Gasteiger partial charge in [0.1, 0.15) is 5.60 Å². The molecule has 1 aromatic heterocycles. The minimum absolute atomic E-state index is 0.226. The van der Waals surface area contributed by atoms with Gasteiger partial charge in [-0.15, -0.1) is 0 Å². The zero-order chi connectivity index (χ0) is 22.0. The van der Waals surface area contributed by atoms with Crippen molar-refractivity contribution in [2.75, 3.05) is 0 Å². The molecule has 1 aliphatic heterocycles. The smallest absolute Gasteiger partial charge is 0.443 e. The zero-order valence-electron chi connectivity index (χ0n) is 17.6. The van der Waals surface area contributed by atoms with Gasteiger partial charge in [0.15, 0.2) is 0 Å². The van der Waals surface area contributed by atoms with Gasteiger partial charge in [0.05, 0.1) is 22.3 Å². The molecule has 0 aliphatic carbocycles. The lowest BCUT2D eigenvalue weighted by atomic mass is 9.79. The summed E-state index contributed by atoms with van der Waals surface area (Å²) >= 11 is 0. The van der Waals surface area contributed by atoms with Gasteiger partial charge >= 0.3 is 19.4 Å². The van der Waals surface area contributed by atoms with Gasteiger partial charge in [-0.1, -0.05) is 12.1 Å². The summed E-state index contributed by atoms with van der Waals surface area (Å²) < 4.78 is 59.4. The van der Waals surface area contributed by atoms with Crippen LogP contribution >= 0.6 is 0 Å². The first-order valence-corrected chi connectivity index (χ1v) is 9.34. The van der Waals surface area contributed by atoms with Crippen LogP contribution in [0.1, 0.15) is 54.0 Å². The fourth-order valence-corrected chi connectivity index (χ4v) is 3.15. The van der Waals surface area contributed by atoms with Crippen molar-refractivity contribution in [1.82, 2.24) is 4.57 Å². The number of alkyl halides is 3. The van der Waals surface area contributed by atoms with E-state index in [4.69, 9.17) is 14.0 Å². The molecule has 0 N–H and O–H groups in total. The highest BCUT2D eigenvalue weighted by Crippen LogP contribution is 2.39. The van der Waals surface area contributed by atoms with E-state index in [0.717, 1.165) is 10.6 Å². The Bertz CT molecular complexity index is 941. The molecule has 3 rings (SSSR count). The maximum Gasteiger partial charge on any atom is 0.497 e. The summed E-state index contributed by atoms with van der Waals surface area (Å²) in [5.41, 5.74) is -3.09. The Kier molecular flexibility index (Phi) is 4.87. The fraction of sp³-hybridized carbons (Fsp3) is 0.550.